The molecule has 2 aliphatic carbocycles. The maximum atomic E-state index is 13.0. The summed E-state index contributed by atoms with van der Waals surface area (Å²) in [5.41, 5.74) is 2.85. The summed E-state index contributed by atoms with van der Waals surface area (Å²) in [6, 6.07) is 1.96. The summed E-state index contributed by atoms with van der Waals surface area (Å²) in [6.07, 6.45) is 20.2. The van der Waals surface area contributed by atoms with Gasteiger partial charge in [-0.3, -0.25) is 4.79 Å². The number of alkyl carbamates (subject to hydrolysis) is 2. The lowest BCUT2D eigenvalue weighted by Gasteiger charge is -2.30. The normalized spacial score (nSPS) is 22.4. The predicted octanol–water partition coefficient (Wildman–Crippen LogP) is 5.86. The van der Waals surface area contributed by atoms with E-state index in [0.29, 0.717) is 25.8 Å². The van der Waals surface area contributed by atoms with Gasteiger partial charge in [0.1, 0.15) is 43.0 Å². The van der Waals surface area contributed by atoms with Crippen molar-refractivity contribution in [2.24, 2.45) is 0 Å². The van der Waals surface area contributed by atoms with Crippen LogP contribution in [0.4, 0.5) is 9.59 Å². The third-order valence-corrected chi connectivity index (χ3v) is 12.6. The Hall–Kier alpha value is -5.12. The fourth-order valence-corrected chi connectivity index (χ4v) is 9.10. The molecular weight excluding hydrogens is 837 g/mol. The van der Waals surface area contributed by atoms with Gasteiger partial charge in [0.15, 0.2) is 12.1 Å². The van der Waals surface area contributed by atoms with Crippen LogP contribution in [0, 0.1) is 20.8 Å². The number of likely N-dealkylation sites (tertiary alicyclic amines) is 1. The molecule has 1 aromatic rings. The Morgan fingerprint density at radius 1 is 0.785 bits per heavy atom. The van der Waals surface area contributed by atoms with E-state index < -0.39 is 36.3 Å². The lowest BCUT2D eigenvalue weighted by molar-refractivity contribution is -0.667. The van der Waals surface area contributed by atoms with Gasteiger partial charge in [-0.25, -0.2) is 24.0 Å². The smallest absolute Gasteiger partial charge is 0.408 e. The number of amides is 3. The van der Waals surface area contributed by atoms with E-state index in [1.54, 1.807) is 4.90 Å². The van der Waals surface area contributed by atoms with Crippen molar-refractivity contribution in [3.05, 3.63) is 54.1 Å². The van der Waals surface area contributed by atoms with Crippen molar-refractivity contribution in [1.82, 2.24) is 15.5 Å². The monoisotopic (exact) mass is 911 g/mol. The number of carboxylic acid groups (broad SMARTS) is 1. The number of carbonyl (C=O) groups excluding carboxylic acids is 5. The van der Waals surface area contributed by atoms with Crippen LogP contribution < -0.4 is 21.1 Å². The predicted molar refractivity (Wildman–Crippen MR) is 241 cm³/mol. The number of aliphatic carboxylic acids is 1. The molecule has 6 fully saturated rings. The molecule has 7 rings (SSSR count). The van der Waals surface area contributed by atoms with Crippen LogP contribution in [0.25, 0.3) is 0 Å². The number of nitrogens with one attached hydrogen (secondary N) is 2. The van der Waals surface area contributed by atoms with Gasteiger partial charge in [0.25, 0.3) is 0 Å². The lowest BCUT2D eigenvalue weighted by Crippen LogP contribution is -2.90. The third-order valence-electron chi connectivity index (χ3n) is 12.6. The van der Waals surface area contributed by atoms with E-state index >= 15 is 0 Å². The number of esters is 2. The van der Waals surface area contributed by atoms with Crippen LogP contribution in [0.3, 0.4) is 0 Å². The number of nitrogens with two attached hydrogens (primary N) is 1. The summed E-state index contributed by atoms with van der Waals surface area (Å²) in [4.78, 5) is 72.0. The molecule has 16 heteroatoms. The summed E-state index contributed by atoms with van der Waals surface area (Å²) in [6.45, 7) is 14.5. The number of carbonyl (C=O) groups is 6. The number of nitrogens with zero attached hydrogens (tertiary/aromatic N) is 1. The van der Waals surface area contributed by atoms with Gasteiger partial charge in [0, 0.05) is 6.42 Å². The Bertz CT molecular complexity index is 1740. The third kappa shape index (κ3) is 17.7. The molecule has 3 amide bonds. The van der Waals surface area contributed by atoms with Crippen LogP contribution in [-0.2, 0) is 38.1 Å². The van der Waals surface area contributed by atoms with Gasteiger partial charge in [0.05, 0.1) is 13.0 Å². The number of ether oxygens (including phenoxy) is 4. The first kappa shape index (κ1) is 52.5. The summed E-state index contributed by atoms with van der Waals surface area (Å²) in [7, 11) is 0. The zero-order valence-electron chi connectivity index (χ0n) is 38.9. The highest BCUT2D eigenvalue weighted by atomic mass is 16.6. The minimum absolute atomic E-state index is 0.0127. The van der Waals surface area contributed by atoms with Gasteiger partial charge in [0.2, 0.25) is 5.91 Å². The zero-order valence-corrected chi connectivity index (χ0v) is 38.9. The molecule has 4 bridgehead atoms. The number of aryl methyl sites for hydroxylation is 3. The summed E-state index contributed by atoms with van der Waals surface area (Å²) < 4.78 is 20.7. The molecule has 4 saturated heterocycles. The molecule has 6 aliphatic rings. The molecular formula is C49H74N4O12. The van der Waals surface area contributed by atoms with Crippen molar-refractivity contribution in [3.8, 4) is 5.75 Å². The molecule has 4 heterocycles. The first-order chi connectivity index (χ1) is 31.2. The van der Waals surface area contributed by atoms with Crippen molar-refractivity contribution >= 4 is 36.0 Å². The Labute approximate surface area is 384 Å². The molecule has 0 aromatic heterocycles. The van der Waals surface area contributed by atoms with E-state index in [4.69, 9.17) is 24.1 Å². The van der Waals surface area contributed by atoms with E-state index in [9.17, 15) is 33.9 Å². The van der Waals surface area contributed by atoms with Crippen molar-refractivity contribution in [2.45, 2.75) is 198 Å². The van der Waals surface area contributed by atoms with Gasteiger partial charge in [-0.2, -0.15) is 0 Å². The molecule has 4 unspecified atom stereocenters. The van der Waals surface area contributed by atoms with E-state index in [1.807, 2.05) is 45.1 Å². The standard InChI is InChI=1S/C20H30N2O5.C15H25NO4.C9H12O.C5H7NO2/c1-2-3-4-5-6-11-16(21-20(25)27-14-9-7-8-10-14)18(23)22-13-15-12-17(22)19(24)26-15;1-2-3-4-5-6-11-13(14(17)18)16-15(19)20-12-9-7-8-10-12;1-6-4-7(2)9(10)8(3)5-6;7-5-4-1-3(8-5)2-6-4/h2,14-17H,1,3-13H2,(H,21,25);2,12-13H,1,3-11H2,(H,16,19)(H,17,18);4-5,10H,1-3H3;3-4,6H,1-2H2/t15?,16-,17?;13-;;/m00../s1. The van der Waals surface area contributed by atoms with Crippen LogP contribution in [-0.4, -0.2) is 108 Å². The van der Waals surface area contributed by atoms with Crippen LogP contribution in [0.15, 0.2) is 37.4 Å². The number of allylic oxidation sites excluding steroid dienone is 2. The molecule has 16 nitrogen and oxygen atoms in total. The Morgan fingerprint density at radius 2 is 1.29 bits per heavy atom. The number of unbranched alkanes of at least 4 members (excludes halogenated alkanes) is 6. The summed E-state index contributed by atoms with van der Waals surface area (Å²) in [5.74, 6) is -1.38. The second-order valence-corrected chi connectivity index (χ2v) is 18.1. The molecule has 6 atom stereocenters. The summed E-state index contributed by atoms with van der Waals surface area (Å²) >= 11 is 0. The van der Waals surface area contributed by atoms with E-state index in [-0.39, 0.29) is 54.1 Å². The Balaban J connectivity index is 0.000000210. The molecule has 0 radical (unpaired) electrons. The number of benzene rings is 1. The number of hydrogen-bond donors (Lipinski definition) is 4. The SMILES string of the molecule is C=CCCCCC[C@H](NC(=O)OC1CCCC1)C(=O)N1CC2CC1C(=O)O2.C=CCCCCC[C@H](NC(=O)OC1CCCC1)C(=O)O.Cc1cc(C)c([O-])c(C)c1.O=C1OC2C[NH2+]C1C2. The van der Waals surface area contributed by atoms with Gasteiger partial charge < -0.3 is 50.0 Å². The van der Waals surface area contributed by atoms with Gasteiger partial charge in [-0.05, 0) is 111 Å². The Kier molecular flexibility index (Phi) is 22.1. The number of fused-ring (bicyclic) bond motifs is 4. The van der Waals surface area contributed by atoms with Crippen molar-refractivity contribution in [2.75, 3.05) is 13.1 Å². The summed E-state index contributed by atoms with van der Waals surface area (Å²) in [5, 5.41) is 27.5. The number of quaternary nitrogens is 1. The topological polar surface area (TPSA) is 227 Å². The highest BCUT2D eigenvalue weighted by Gasteiger charge is 2.50. The second kappa shape index (κ2) is 27.4. The number of hydrogen-bond acceptors (Lipinski definition) is 11. The zero-order chi connectivity index (χ0) is 47.3. The van der Waals surface area contributed by atoms with Crippen molar-refractivity contribution < 1.29 is 63.2 Å². The highest BCUT2D eigenvalue weighted by molar-refractivity contribution is 5.91. The maximum absolute atomic E-state index is 13.0. The molecule has 362 valence electrons. The van der Waals surface area contributed by atoms with Gasteiger partial charge >= 0.3 is 30.1 Å². The minimum atomic E-state index is -1.00. The van der Waals surface area contributed by atoms with Gasteiger partial charge in [-0.1, -0.05) is 66.7 Å². The molecule has 4 aliphatic heterocycles. The first-order valence-corrected chi connectivity index (χ1v) is 23.9. The molecule has 0 spiro atoms. The fraction of sp³-hybridized carbons (Fsp3) is 0.673. The average molecular weight is 911 g/mol. The van der Waals surface area contributed by atoms with Crippen LogP contribution in [0.5, 0.6) is 5.75 Å². The Morgan fingerprint density at radius 3 is 1.71 bits per heavy atom. The van der Waals surface area contributed by atoms with Crippen LogP contribution in [0.1, 0.15) is 145 Å². The number of carboxylic acids is 1. The maximum Gasteiger partial charge on any atom is 0.408 e. The minimum Gasteiger partial charge on any atom is -0.872 e. The first-order valence-electron chi connectivity index (χ1n) is 23.9. The quantitative estimate of drug-likeness (QED) is 0.0588. The van der Waals surface area contributed by atoms with Gasteiger partial charge in [-0.15, -0.1) is 18.9 Å². The van der Waals surface area contributed by atoms with E-state index in [1.165, 1.54) is 0 Å². The molecule has 1 aromatic carbocycles. The fourth-order valence-electron chi connectivity index (χ4n) is 9.10. The highest BCUT2D eigenvalue weighted by Crippen LogP contribution is 2.30. The molecule has 2 saturated carbocycles. The van der Waals surface area contributed by atoms with Crippen LogP contribution >= 0.6 is 0 Å². The van der Waals surface area contributed by atoms with Crippen LogP contribution in [0.2, 0.25) is 0 Å². The van der Waals surface area contributed by atoms with Crippen molar-refractivity contribution in [1.29, 1.82) is 0 Å². The molecule has 65 heavy (non-hydrogen) atoms. The largest absolute Gasteiger partial charge is 0.872 e. The van der Waals surface area contributed by atoms with E-state index in [0.717, 1.165) is 132 Å². The van der Waals surface area contributed by atoms with E-state index in [2.05, 4.69) is 29.1 Å². The van der Waals surface area contributed by atoms with Crippen molar-refractivity contribution in [3.63, 3.8) is 0 Å². The average Bonchev–Trinajstić information content (AvgIpc) is 4.14. The number of rotatable bonds is 18. The lowest BCUT2D eigenvalue weighted by atomic mass is 10.1. The second-order valence-electron chi connectivity index (χ2n) is 18.1. The number of morpholine rings is 2. The molecule has 5 N–H and O–H groups in total.